The molecule has 0 bridgehead atoms. The third-order valence-corrected chi connectivity index (χ3v) is 8.28. The van der Waals surface area contributed by atoms with Gasteiger partial charge < -0.3 is 14.2 Å². The predicted octanol–water partition coefficient (Wildman–Crippen LogP) is 5.09. The summed E-state index contributed by atoms with van der Waals surface area (Å²) in [5, 5.41) is 1.92. The molecule has 0 saturated carbocycles. The zero-order valence-electron chi connectivity index (χ0n) is 20.6. The van der Waals surface area contributed by atoms with Crippen LogP contribution in [0.2, 0.25) is 0 Å². The number of anilines is 1. The lowest BCUT2D eigenvalue weighted by Crippen LogP contribution is -2.42. The lowest BCUT2D eigenvalue weighted by molar-refractivity contribution is -0.142. The third-order valence-electron chi connectivity index (χ3n) is 8.28. The number of hydrogen-bond acceptors (Lipinski definition) is 6. The fourth-order valence-corrected chi connectivity index (χ4v) is 6.61. The van der Waals surface area contributed by atoms with Gasteiger partial charge in [-0.1, -0.05) is 60.7 Å². The topological polar surface area (TPSA) is 82.1 Å². The maximum Gasteiger partial charge on any atom is 0.319 e. The molecule has 39 heavy (non-hydrogen) atoms. The van der Waals surface area contributed by atoms with E-state index >= 15 is 0 Å². The molecule has 1 saturated heterocycles. The molecule has 7 heteroatoms. The van der Waals surface area contributed by atoms with E-state index in [9.17, 15) is 14.4 Å². The number of ether oxygens (including phenoxy) is 3. The summed E-state index contributed by atoms with van der Waals surface area (Å²) in [4.78, 5) is 43.0. The molecule has 7 nitrogen and oxygen atoms in total. The summed E-state index contributed by atoms with van der Waals surface area (Å²) in [6, 6.07) is 26.1. The molecule has 4 aliphatic rings. The van der Waals surface area contributed by atoms with Crippen LogP contribution in [0.3, 0.4) is 0 Å². The van der Waals surface area contributed by atoms with Gasteiger partial charge in [0.2, 0.25) is 18.6 Å². The van der Waals surface area contributed by atoms with Gasteiger partial charge in [-0.2, -0.15) is 0 Å². The van der Waals surface area contributed by atoms with E-state index in [4.69, 9.17) is 14.2 Å². The molecule has 3 heterocycles. The van der Waals surface area contributed by atoms with Crippen molar-refractivity contribution in [3.63, 3.8) is 0 Å². The number of hydrogen-bond donors (Lipinski definition) is 0. The van der Waals surface area contributed by atoms with Gasteiger partial charge in [-0.3, -0.25) is 14.4 Å². The van der Waals surface area contributed by atoms with E-state index < -0.39 is 35.5 Å². The van der Waals surface area contributed by atoms with Crippen LogP contribution in [0.1, 0.15) is 17.0 Å². The number of amides is 2. The first-order chi connectivity index (χ1) is 19.1. The van der Waals surface area contributed by atoms with Gasteiger partial charge >= 0.3 is 5.97 Å². The largest absolute Gasteiger partial charge is 0.454 e. The van der Waals surface area contributed by atoms with E-state index in [1.807, 2.05) is 60.7 Å². The second-order valence-corrected chi connectivity index (χ2v) is 10.2. The second-order valence-electron chi connectivity index (χ2n) is 10.2. The second kappa shape index (κ2) is 8.04. The van der Waals surface area contributed by atoms with Crippen LogP contribution in [0.4, 0.5) is 5.69 Å². The summed E-state index contributed by atoms with van der Waals surface area (Å²) in [5.74, 6) is -2.61. The van der Waals surface area contributed by atoms with Crippen molar-refractivity contribution in [3.05, 3.63) is 102 Å². The molecule has 0 radical (unpaired) electrons. The van der Waals surface area contributed by atoms with E-state index in [0.717, 1.165) is 27.5 Å². The SMILES string of the molecule is O=C1Oc2ccc3ccccc3c2C2=C[C@H](c3ccc4c(c3)OCO4)[C@@H]3C(=O)N(c4ccccc4)C(=O)[C@@H]3[C@@H]12. The van der Waals surface area contributed by atoms with Crippen LogP contribution in [-0.4, -0.2) is 24.6 Å². The molecule has 4 aromatic carbocycles. The Morgan fingerprint density at radius 3 is 2.33 bits per heavy atom. The van der Waals surface area contributed by atoms with E-state index in [1.54, 1.807) is 30.3 Å². The van der Waals surface area contributed by atoms with Crippen LogP contribution in [0, 0.1) is 17.8 Å². The Balaban J connectivity index is 1.37. The highest BCUT2D eigenvalue weighted by Gasteiger charge is 2.60. The van der Waals surface area contributed by atoms with Crippen LogP contribution in [0.25, 0.3) is 16.3 Å². The van der Waals surface area contributed by atoms with E-state index in [0.29, 0.717) is 22.9 Å². The number of allylic oxidation sites excluding steroid dienone is 1. The number of benzene rings is 4. The van der Waals surface area contributed by atoms with Crippen molar-refractivity contribution in [2.45, 2.75) is 5.92 Å². The molecular formula is C32H21NO6. The number of carbonyl (C=O) groups is 3. The maximum atomic E-state index is 14.1. The number of esters is 1. The number of imide groups is 1. The summed E-state index contributed by atoms with van der Waals surface area (Å²) < 4.78 is 17.0. The molecule has 1 fully saturated rings. The lowest BCUT2D eigenvalue weighted by Gasteiger charge is -2.38. The first kappa shape index (κ1) is 22.1. The molecule has 0 N–H and O–H groups in total. The molecule has 4 aromatic rings. The zero-order valence-corrected chi connectivity index (χ0v) is 20.6. The highest BCUT2D eigenvalue weighted by molar-refractivity contribution is 6.25. The van der Waals surface area contributed by atoms with Crippen molar-refractivity contribution in [1.82, 2.24) is 0 Å². The fourth-order valence-electron chi connectivity index (χ4n) is 6.61. The van der Waals surface area contributed by atoms with Crippen LogP contribution < -0.4 is 19.1 Å². The normalized spacial score (nSPS) is 24.7. The molecule has 0 aromatic heterocycles. The van der Waals surface area contributed by atoms with Crippen LogP contribution >= 0.6 is 0 Å². The van der Waals surface area contributed by atoms with Gasteiger partial charge in [-0.15, -0.1) is 0 Å². The number of carbonyl (C=O) groups excluding carboxylic acids is 3. The third kappa shape index (κ3) is 3.07. The van der Waals surface area contributed by atoms with Crippen molar-refractivity contribution >= 4 is 39.8 Å². The zero-order chi connectivity index (χ0) is 26.2. The van der Waals surface area contributed by atoms with Gasteiger partial charge in [0.25, 0.3) is 0 Å². The molecule has 1 aliphatic carbocycles. The van der Waals surface area contributed by atoms with Gasteiger partial charge in [0.1, 0.15) is 5.75 Å². The number of fused-ring (bicyclic) bond motifs is 8. The minimum absolute atomic E-state index is 0.128. The van der Waals surface area contributed by atoms with Gasteiger partial charge in [0, 0.05) is 11.5 Å². The molecule has 4 atom stereocenters. The summed E-state index contributed by atoms with van der Waals surface area (Å²) in [5.41, 5.74) is 2.82. The van der Waals surface area contributed by atoms with Crippen molar-refractivity contribution in [2.24, 2.45) is 17.8 Å². The summed E-state index contributed by atoms with van der Waals surface area (Å²) in [6.45, 7) is 0.128. The fraction of sp³-hybridized carbons (Fsp3) is 0.156. The van der Waals surface area contributed by atoms with Crippen molar-refractivity contribution in [3.8, 4) is 17.2 Å². The molecule has 8 rings (SSSR count). The summed E-state index contributed by atoms with van der Waals surface area (Å²) in [7, 11) is 0. The minimum Gasteiger partial charge on any atom is -0.454 e. The summed E-state index contributed by atoms with van der Waals surface area (Å²) in [6.07, 6.45) is 1.99. The van der Waals surface area contributed by atoms with Gasteiger partial charge in [-0.25, -0.2) is 4.90 Å². The van der Waals surface area contributed by atoms with E-state index in [1.165, 1.54) is 4.90 Å². The average molecular weight is 516 g/mol. The first-order valence-corrected chi connectivity index (χ1v) is 12.9. The standard InChI is InChI=1S/C32H21NO6/c34-30-27-21(18-11-12-23-25(14-18)38-16-37-23)15-22-26-20-9-5-4-6-17(20)10-13-24(26)39-32(36)28(22)29(27)31(35)33(30)19-7-2-1-3-8-19/h1-15,21,27-29H,16H2/t21-,27+,28+,29+/m1/s1. The van der Waals surface area contributed by atoms with E-state index in [2.05, 4.69) is 0 Å². The Bertz CT molecular complexity index is 1760. The van der Waals surface area contributed by atoms with Gasteiger partial charge in [0.05, 0.1) is 23.4 Å². The molecule has 0 unspecified atom stereocenters. The predicted molar refractivity (Wildman–Crippen MR) is 142 cm³/mol. The number of rotatable bonds is 2. The van der Waals surface area contributed by atoms with Gasteiger partial charge in [0.15, 0.2) is 11.5 Å². The van der Waals surface area contributed by atoms with Crippen LogP contribution in [-0.2, 0) is 14.4 Å². The van der Waals surface area contributed by atoms with Gasteiger partial charge in [-0.05, 0) is 52.2 Å². The molecule has 3 aliphatic heterocycles. The summed E-state index contributed by atoms with van der Waals surface area (Å²) >= 11 is 0. The first-order valence-electron chi connectivity index (χ1n) is 12.9. The Labute approximate surface area is 223 Å². The quantitative estimate of drug-likeness (QED) is 0.210. The molecule has 2 amide bonds. The van der Waals surface area contributed by atoms with Crippen LogP contribution in [0.15, 0.2) is 91.0 Å². The molecule has 0 spiro atoms. The molecular weight excluding hydrogens is 494 g/mol. The maximum absolute atomic E-state index is 14.1. The van der Waals surface area contributed by atoms with Crippen LogP contribution in [0.5, 0.6) is 17.2 Å². The Hall–Kier alpha value is -4.91. The van der Waals surface area contributed by atoms with Crippen molar-refractivity contribution < 1.29 is 28.6 Å². The number of para-hydroxylation sites is 1. The minimum atomic E-state index is -0.909. The van der Waals surface area contributed by atoms with Crippen molar-refractivity contribution in [1.29, 1.82) is 0 Å². The van der Waals surface area contributed by atoms with Crippen molar-refractivity contribution in [2.75, 3.05) is 11.7 Å². The monoisotopic (exact) mass is 515 g/mol. The smallest absolute Gasteiger partial charge is 0.319 e. The lowest BCUT2D eigenvalue weighted by atomic mass is 9.64. The highest BCUT2D eigenvalue weighted by atomic mass is 16.7. The molecule has 190 valence electrons. The Morgan fingerprint density at radius 1 is 0.718 bits per heavy atom. The average Bonchev–Trinajstić information content (AvgIpc) is 3.54. The Morgan fingerprint density at radius 2 is 1.46 bits per heavy atom. The van der Waals surface area contributed by atoms with E-state index in [-0.39, 0.29) is 12.7 Å². The number of nitrogens with zero attached hydrogens (tertiary/aromatic N) is 1. The Kier molecular flexibility index (Phi) is 4.56. The highest BCUT2D eigenvalue weighted by Crippen LogP contribution is 2.56.